The molecule has 3 aromatic carbocycles. The summed E-state index contributed by atoms with van der Waals surface area (Å²) < 4.78 is 10.4. The van der Waals surface area contributed by atoms with Gasteiger partial charge in [0.25, 0.3) is 11.8 Å². The first-order chi connectivity index (χ1) is 14.6. The van der Waals surface area contributed by atoms with Gasteiger partial charge in [-0.15, -0.1) is 0 Å². The molecule has 5 heteroatoms. The Morgan fingerprint density at radius 3 is 1.90 bits per heavy atom. The number of fused-ring (bicyclic) bond motifs is 1. The first-order valence-electron chi connectivity index (χ1n) is 9.55. The largest absolute Gasteiger partial charge is 0.497 e. The van der Waals surface area contributed by atoms with Crippen LogP contribution in [0.1, 0.15) is 27.0 Å². The van der Waals surface area contributed by atoms with Gasteiger partial charge in [-0.3, -0.25) is 14.5 Å². The highest BCUT2D eigenvalue weighted by molar-refractivity contribution is 6.33. The van der Waals surface area contributed by atoms with Gasteiger partial charge in [0.05, 0.1) is 20.8 Å². The summed E-state index contributed by atoms with van der Waals surface area (Å²) in [5, 5.41) is 0. The van der Waals surface area contributed by atoms with Crippen molar-refractivity contribution in [2.24, 2.45) is 0 Å². The lowest BCUT2D eigenvalue weighted by atomic mass is 9.91. The van der Waals surface area contributed by atoms with E-state index in [4.69, 9.17) is 9.47 Å². The van der Waals surface area contributed by atoms with Crippen molar-refractivity contribution in [3.8, 4) is 11.5 Å². The van der Waals surface area contributed by atoms with Gasteiger partial charge < -0.3 is 9.47 Å². The second kappa shape index (κ2) is 8.25. The zero-order valence-electron chi connectivity index (χ0n) is 16.8. The number of nitrogens with zero attached hydrogens (tertiary/aromatic N) is 1. The molecule has 150 valence electrons. The van der Waals surface area contributed by atoms with E-state index in [0.717, 1.165) is 22.6 Å². The Morgan fingerprint density at radius 2 is 1.30 bits per heavy atom. The molecule has 3 aromatic rings. The molecule has 0 spiro atoms. The second-order valence-electron chi connectivity index (χ2n) is 6.92. The lowest BCUT2D eigenvalue weighted by Gasteiger charge is -2.28. The second-order valence-corrected chi connectivity index (χ2v) is 6.92. The molecule has 30 heavy (non-hydrogen) atoms. The van der Waals surface area contributed by atoms with E-state index in [-0.39, 0.29) is 18.4 Å². The average Bonchev–Trinajstić information content (AvgIpc) is 2.80. The van der Waals surface area contributed by atoms with Crippen LogP contribution in [-0.2, 0) is 11.3 Å². The third-order valence-electron chi connectivity index (χ3n) is 5.09. The highest BCUT2D eigenvalue weighted by Gasteiger charge is 2.34. The Kier molecular flexibility index (Phi) is 5.35. The van der Waals surface area contributed by atoms with E-state index in [9.17, 15) is 9.59 Å². The van der Waals surface area contributed by atoms with E-state index in [2.05, 4.69) is 0 Å². The van der Waals surface area contributed by atoms with Crippen LogP contribution in [0.2, 0.25) is 0 Å². The molecule has 0 bridgehead atoms. The van der Waals surface area contributed by atoms with Crippen molar-refractivity contribution in [1.82, 2.24) is 4.90 Å². The molecule has 0 saturated carbocycles. The fraction of sp³-hybridized carbons (Fsp3) is 0.120. The Labute approximate surface area is 175 Å². The molecule has 2 amide bonds. The first-order valence-corrected chi connectivity index (χ1v) is 9.55. The van der Waals surface area contributed by atoms with Crippen LogP contribution in [-0.4, -0.2) is 30.9 Å². The molecular formula is C25H21NO4. The minimum absolute atomic E-state index is 0.190. The maximum absolute atomic E-state index is 13.3. The number of rotatable bonds is 5. The van der Waals surface area contributed by atoms with Crippen LogP contribution < -0.4 is 9.47 Å². The van der Waals surface area contributed by atoms with Gasteiger partial charge in [-0.2, -0.15) is 0 Å². The van der Waals surface area contributed by atoms with Crippen molar-refractivity contribution in [2.45, 2.75) is 6.54 Å². The Morgan fingerprint density at radius 1 is 0.733 bits per heavy atom. The minimum atomic E-state index is -0.315. The topological polar surface area (TPSA) is 55.8 Å². The maximum Gasteiger partial charge on any atom is 0.261 e. The van der Waals surface area contributed by atoms with Crippen LogP contribution in [0.15, 0.2) is 72.8 Å². The Balaban J connectivity index is 1.73. The molecule has 0 N–H and O–H groups in total. The van der Waals surface area contributed by atoms with Crippen LogP contribution >= 0.6 is 0 Å². The van der Waals surface area contributed by atoms with Crippen LogP contribution in [0, 0.1) is 0 Å². The van der Waals surface area contributed by atoms with Gasteiger partial charge in [0, 0.05) is 11.1 Å². The molecule has 0 atom stereocenters. The number of hydrogen-bond acceptors (Lipinski definition) is 4. The van der Waals surface area contributed by atoms with Crippen LogP contribution in [0.25, 0.3) is 11.6 Å². The SMILES string of the molecule is COc1ccc(/C=C2\C(=O)N(Cc3ccc(OC)cc3)C(=O)c3ccccc32)cc1. The molecule has 5 nitrogen and oxygen atoms in total. The quantitative estimate of drug-likeness (QED) is 0.471. The van der Waals surface area contributed by atoms with Crippen molar-refractivity contribution in [1.29, 1.82) is 0 Å². The van der Waals surface area contributed by atoms with E-state index in [1.54, 1.807) is 20.3 Å². The molecule has 0 aromatic heterocycles. The zero-order chi connectivity index (χ0) is 21.1. The summed E-state index contributed by atoms with van der Waals surface area (Å²) in [6.07, 6.45) is 1.81. The van der Waals surface area contributed by atoms with Crippen molar-refractivity contribution < 1.29 is 19.1 Å². The fourth-order valence-electron chi connectivity index (χ4n) is 3.47. The highest BCUT2D eigenvalue weighted by Crippen LogP contribution is 2.31. The van der Waals surface area contributed by atoms with Gasteiger partial charge in [0.1, 0.15) is 11.5 Å². The van der Waals surface area contributed by atoms with Gasteiger partial charge in [-0.05, 0) is 53.1 Å². The number of hydrogen-bond donors (Lipinski definition) is 0. The number of amides is 2. The van der Waals surface area contributed by atoms with Gasteiger partial charge >= 0.3 is 0 Å². The van der Waals surface area contributed by atoms with E-state index >= 15 is 0 Å². The van der Waals surface area contributed by atoms with E-state index in [0.29, 0.717) is 16.7 Å². The van der Waals surface area contributed by atoms with Crippen LogP contribution in [0.4, 0.5) is 0 Å². The summed E-state index contributed by atoms with van der Waals surface area (Å²) in [5.74, 6) is 0.855. The van der Waals surface area contributed by atoms with Crippen molar-refractivity contribution in [3.63, 3.8) is 0 Å². The summed E-state index contributed by atoms with van der Waals surface area (Å²) in [6, 6.07) is 22.0. The molecule has 0 saturated heterocycles. The van der Waals surface area contributed by atoms with Gasteiger partial charge in [-0.1, -0.05) is 42.5 Å². The van der Waals surface area contributed by atoms with E-state index in [1.165, 1.54) is 4.90 Å². The van der Waals surface area contributed by atoms with Gasteiger partial charge in [0.15, 0.2) is 0 Å². The van der Waals surface area contributed by atoms with E-state index < -0.39 is 0 Å². The number of carbonyl (C=O) groups excluding carboxylic acids is 2. The summed E-state index contributed by atoms with van der Waals surface area (Å²) in [6.45, 7) is 0.190. The molecule has 1 aliphatic heterocycles. The third kappa shape index (κ3) is 3.70. The Hall–Kier alpha value is -3.86. The summed E-state index contributed by atoms with van der Waals surface area (Å²) in [5.41, 5.74) is 3.36. The number of methoxy groups -OCH3 is 2. The molecule has 0 radical (unpaired) electrons. The normalized spacial score (nSPS) is 14.6. The molecule has 0 aliphatic carbocycles. The predicted molar refractivity (Wildman–Crippen MR) is 115 cm³/mol. The maximum atomic E-state index is 13.3. The number of imide groups is 1. The van der Waals surface area contributed by atoms with Gasteiger partial charge in [-0.25, -0.2) is 0 Å². The molecule has 1 aliphatic rings. The molecule has 1 heterocycles. The molecule has 0 fully saturated rings. The van der Waals surface area contributed by atoms with Crippen LogP contribution in [0.5, 0.6) is 11.5 Å². The lowest BCUT2D eigenvalue weighted by molar-refractivity contribution is -0.123. The number of carbonyl (C=O) groups is 2. The number of benzene rings is 3. The third-order valence-corrected chi connectivity index (χ3v) is 5.09. The standard InChI is InChI=1S/C25H21NO4/c1-29-19-11-7-17(8-12-19)15-23-21-5-3-4-6-22(21)24(27)26(25(23)28)16-18-9-13-20(30-2)14-10-18/h3-15H,16H2,1-2H3/b23-15-. The number of ether oxygens (including phenoxy) is 2. The molecular weight excluding hydrogens is 378 g/mol. The monoisotopic (exact) mass is 399 g/mol. The summed E-state index contributed by atoms with van der Waals surface area (Å²) in [4.78, 5) is 27.7. The molecule has 0 unspecified atom stereocenters. The average molecular weight is 399 g/mol. The van der Waals surface area contributed by atoms with E-state index in [1.807, 2.05) is 72.8 Å². The summed E-state index contributed by atoms with van der Waals surface area (Å²) in [7, 11) is 3.21. The fourth-order valence-corrected chi connectivity index (χ4v) is 3.47. The van der Waals surface area contributed by atoms with Crippen molar-refractivity contribution in [2.75, 3.05) is 14.2 Å². The molecule has 4 rings (SSSR count). The lowest BCUT2D eigenvalue weighted by Crippen LogP contribution is -2.41. The Bertz CT molecular complexity index is 1110. The predicted octanol–water partition coefficient (Wildman–Crippen LogP) is 4.43. The van der Waals surface area contributed by atoms with Gasteiger partial charge in [0.2, 0.25) is 0 Å². The van der Waals surface area contributed by atoms with Crippen molar-refractivity contribution in [3.05, 3.63) is 95.1 Å². The smallest absolute Gasteiger partial charge is 0.261 e. The highest BCUT2D eigenvalue weighted by atomic mass is 16.5. The minimum Gasteiger partial charge on any atom is -0.497 e. The van der Waals surface area contributed by atoms with Crippen LogP contribution in [0.3, 0.4) is 0 Å². The zero-order valence-corrected chi connectivity index (χ0v) is 16.8. The first kappa shape index (κ1) is 19.5. The van der Waals surface area contributed by atoms with Crippen molar-refractivity contribution >= 4 is 23.5 Å². The summed E-state index contributed by atoms with van der Waals surface area (Å²) >= 11 is 0.